The van der Waals surface area contributed by atoms with E-state index in [0.717, 1.165) is 16.8 Å². The molecule has 0 aromatic carbocycles. The van der Waals surface area contributed by atoms with Crippen LogP contribution in [0.25, 0.3) is 22.6 Å². The van der Waals surface area contributed by atoms with E-state index in [0.29, 0.717) is 17.2 Å². The number of carbonyl (C=O) groups is 1. The van der Waals surface area contributed by atoms with Crippen LogP contribution in [0.15, 0.2) is 30.6 Å². The van der Waals surface area contributed by atoms with Gasteiger partial charge in [-0.2, -0.15) is 0 Å². The summed E-state index contributed by atoms with van der Waals surface area (Å²) in [5.74, 6) is 0.708. The Labute approximate surface area is 133 Å². The van der Waals surface area contributed by atoms with Gasteiger partial charge in [-0.15, -0.1) is 0 Å². The summed E-state index contributed by atoms with van der Waals surface area (Å²) in [7, 11) is 0. The highest BCUT2D eigenvalue weighted by molar-refractivity contribution is 5.87. The standard InChI is InChI=1S/C16H17N5O2/c1-9(2)23-16(22)19-12-7-13-15(18-8-12)21-14(20-13)11-4-5-17-10(3)6-11/h4-9H,1-3H3,(H,19,22)(H,18,20,21). The van der Waals surface area contributed by atoms with E-state index in [2.05, 4.69) is 25.3 Å². The van der Waals surface area contributed by atoms with Gasteiger partial charge >= 0.3 is 6.09 Å². The van der Waals surface area contributed by atoms with Crippen LogP contribution in [0.3, 0.4) is 0 Å². The summed E-state index contributed by atoms with van der Waals surface area (Å²) in [4.78, 5) is 27.7. The van der Waals surface area contributed by atoms with Gasteiger partial charge in [0.2, 0.25) is 0 Å². The van der Waals surface area contributed by atoms with Gasteiger partial charge in [-0.25, -0.2) is 14.8 Å². The monoisotopic (exact) mass is 311 g/mol. The number of H-pyrrole nitrogens is 1. The van der Waals surface area contributed by atoms with E-state index in [1.807, 2.05) is 19.1 Å². The van der Waals surface area contributed by atoms with Crippen LogP contribution in [-0.2, 0) is 4.74 Å². The minimum atomic E-state index is -0.509. The molecule has 0 unspecified atom stereocenters. The van der Waals surface area contributed by atoms with Gasteiger partial charge in [0.25, 0.3) is 0 Å². The van der Waals surface area contributed by atoms with Gasteiger partial charge in [0, 0.05) is 17.5 Å². The average Bonchev–Trinajstić information content (AvgIpc) is 2.89. The number of aryl methyl sites for hydroxylation is 1. The van der Waals surface area contributed by atoms with Crippen molar-refractivity contribution in [2.45, 2.75) is 26.9 Å². The minimum Gasteiger partial charge on any atom is -0.447 e. The Balaban J connectivity index is 1.87. The molecule has 3 aromatic heterocycles. The van der Waals surface area contributed by atoms with Crippen LogP contribution in [0.5, 0.6) is 0 Å². The molecule has 0 fully saturated rings. The molecule has 1 amide bonds. The highest BCUT2D eigenvalue weighted by Gasteiger charge is 2.10. The third-order valence-electron chi connectivity index (χ3n) is 3.10. The van der Waals surface area contributed by atoms with Crippen LogP contribution in [0.2, 0.25) is 0 Å². The zero-order valence-electron chi connectivity index (χ0n) is 13.1. The Kier molecular flexibility index (Phi) is 3.92. The van der Waals surface area contributed by atoms with Crippen molar-refractivity contribution in [2.75, 3.05) is 5.32 Å². The molecule has 0 aliphatic carbocycles. The molecule has 0 bridgehead atoms. The van der Waals surface area contributed by atoms with Gasteiger partial charge in [0.15, 0.2) is 5.65 Å². The number of aromatic nitrogens is 4. The second-order valence-electron chi connectivity index (χ2n) is 5.45. The summed E-state index contributed by atoms with van der Waals surface area (Å²) in [5, 5.41) is 2.64. The van der Waals surface area contributed by atoms with E-state index in [-0.39, 0.29) is 6.10 Å². The summed E-state index contributed by atoms with van der Waals surface area (Å²) in [6, 6.07) is 5.59. The van der Waals surface area contributed by atoms with Crippen molar-refractivity contribution in [3.05, 3.63) is 36.3 Å². The first-order chi connectivity index (χ1) is 11.0. The van der Waals surface area contributed by atoms with E-state index in [1.165, 1.54) is 0 Å². The number of imidazole rings is 1. The number of fused-ring (bicyclic) bond motifs is 1. The molecule has 23 heavy (non-hydrogen) atoms. The molecule has 0 saturated carbocycles. The quantitative estimate of drug-likeness (QED) is 0.774. The summed E-state index contributed by atoms with van der Waals surface area (Å²) < 4.78 is 5.04. The first kappa shape index (κ1) is 15.0. The number of pyridine rings is 2. The van der Waals surface area contributed by atoms with Crippen molar-refractivity contribution in [2.24, 2.45) is 0 Å². The first-order valence-corrected chi connectivity index (χ1v) is 7.27. The van der Waals surface area contributed by atoms with Crippen molar-refractivity contribution in [3.63, 3.8) is 0 Å². The van der Waals surface area contributed by atoms with E-state index in [1.54, 1.807) is 32.3 Å². The van der Waals surface area contributed by atoms with E-state index >= 15 is 0 Å². The SMILES string of the molecule is Cc1cc(-c2nc3ncc(NC(=O)OC(C)C)cc3[nH]2)ccn1. The summed E-state index contributed by atoms with van der Waals surface area (Å²) >= 11 is 0. The topological polar surface area (TPSA) is 92.8 Å². The number of ether oxygens (including phenoxy) is 1. The predicted molar refractivity (Wildman–Crippen MR) is 87.1 cm³/mol. The van der Waals surface area contributed by atoms with Gasteiger partial charge in [-0.3, -0.25) is 10.3 Å². The van der Waals surface area contributed by atoms with Gasteiger partial charge in [-0.1, -0.05) is 0 Å². The van der Waals surface area contributed by atoms with Gasteiger partial charge in [-0.05, 0) is 39.0 Å². The number of carbonyl (C=O) groups excluding carboxylic acids is 1. The Morgan fingerprint density at radius 1 is 1.30 bits per heavy atom. The predicted octanol–water partition coefficient (Wildman–Crippen LogP) is 3.29. The highest BCUT2D eigenvalue weighted by Crippen LogP contribution is 2.21. The van der Waals surface area contributed by atoms with Crippen LogP contribution < -0.4 is 5.32 Å². The lowest BCUT2D eigenvalue weighted by molar-refractivity contribution is 0.130. The molecule has 7 heteroatoms. The third-order valence-corrected chi connectivity index (χ3v) is 3.10. The Hall–Kier alpha value is -2.96. The zero-order valence-corrected chi connectivity index (χ0v) is 13.1. The second-order valence-corrected chi connectivity index (χ2v) is 5.45. The summed E-state index contributed by atoms with van der Waals surface area (Å²) in [5.41, 5.74) is 3.71. The third kappa shape index (κ3) is 3.45. The maximum atomic E-state index is 11.6. The van der Waals surface area contributed by atoms with Crippen LogP contribution in [0.4, 0.5) is 10.5 Å². The molecule has 3 rings (SSSR count). The fraction of sp³-hybridized carbons (Fsp3) is 0.250. The smallest absolute Gasteiger partial charge is 0.411 e. The second kappa shape index (κ2) is 6.04. The van der Waals surface area contributed by atoms with Gasteiger partial charge < -0.3 is 9.72 Å². The van der Waals surface area contributed by atoms with E-state index in [4.69, 9.17) is 4.74 Å². The van der Waals surface area contributed by atoms with Crippen molar-refractivity contribution < 1.29 is 9.53 Å². The average molecular weight is 311 g/mol. The maximum Gasteiger partial charge on any atom is 0.411 e. The lowest BCUT2D eigenvalue weighted by Gasteiger charge is -2.08. The Morgan fingerprint density at radius 2 is 2.13 bits per heavy atom. The number of anilines is 1. The van der Waals surface area contributed by atoms with Crippen LogP contribution in [-0.4, -0.2) is 32.1 Å². The molecule has 0 spiro atoms. The normalized spacial score (nSPS) is 11.0. The van der Waals surface area contributed by atoms with E-state index in [9.17, 15) is 4.79 Å². The van der Waals surface area contributed by atoms with Crippen LogP contribution in [0.1, 0.15) is 19.5 Å². The summed E-state index contributed by atoms with van der Waals surface area (Å²) in [6.07, 6.45) is 2.60. The maximum absolute atomic E-state index is 11.6. The lowest BCUT2D eigenvalue weighted by Crippen LogP contribution is -2.18. The number of nitrogens with zero attached hydrogens (tertiary/aromatic N) is 3. The molecule has 3 heterocycles. The zero-order chi connectivity index (χ0) is 16.4. The summed E-state index contributed by atoms with van der Waals surface area (Å²) in [6.45, 7) is 5.50. The molecule has 118 valence electrons. The van der Waals surface area contributed by atoms with Gasteiger partial charge in [0.05, 0.1) is 23.5 Å². The van der Waals surface area contributed by atoms with Gasteiger partial charge in [0.1, 0.15) is 5.82 Å². The molecule has 7 nitrogen and oxygen atoms in total. The Morgan fingerprint density at radius 3 is 2.87 bits per heavy atom. The fourth-order valence-corrected chi connectivity index (χ4v) is 2.16. The number of hydrogen-bond acceptors (Lipinski definition) is 5. The number of hydrogen-bond donors (Lipinski definition) is 2. The lowest BCUT2D eigenvalue weighted by atomic mass is 10.2. The van der Waals surface area contributed by atoms with Crippen molar-refractivity contribution in [1.82, 2.24) is 19.9 Å². The number of rotatable bonds is 3. The number of amides is 1. The number of nitrogens with one attached hydrogen (secondary N) is 2. The van der Waals surface area contributed by atoms with Crippen LogP contribution in [0, 0.1) is 6.92 Å². The molecule has 0 aliphatic rings. The fourth-order valence-electron chi connectivity index (χ4n) is 2.16. The molecular formula is C16H17N5O2. The number of aromatic amines is 1. The molecular weight excluding hydrogens is 294 g/mol. The molecule has 0 radical (unpaired) electrons. The molecule has 2 N–H and O–H groups in total. The largest absolute Gasteiger partial charge is 0.447 e. The minimum absolute atomic E-state index is 0.180. The van der Waals surface area contributed by atoms with E-state index < -0.39 is 6.09 Å². The van der Waals surface area contributed by atoms with Crippen molar-refractivity contribution in [3.8, 4) is 11.4 Å². The van der Waals surface area contributed by atoms with Crippen molar-refractivity contribution in [1.29, 1.82) is 0 Å². The first-order valence-electron chi connectivity index (χ1n) is 7.27. The molecule has 0 saturated heterocycles. The molecule has 0 aliphatic heterocycles. The molecule has 0 atom stereocenters. The van der Waals surface area contributed by atoms with Crippen LogP contribution >= 0.6 is 0 Å². The highest BCUT2D eigenvalue weighted by atomic mass is 16.6. The Bertz CT molecular complexity index is 857. The molecule has 3 aromatic rings. The van der Waals surface area contributed by atoms with Crippen molar-refractivity contribution >= 4 is 22.9 Å².